The van der Waals surface area contributed by atoms with Gasteiger partial charge < -0.3 is 10.6 Å². The first-order valence-electron chi connectivity index (χ1n) is 7.80. The van der Waals surface area contributed by atoms with Crippen LogP contribution in [0.2, 0.25) is 0 Å². The molecule has 2 nitrogen and oxygen atoms in total. The highest BCUT2D eigenvalue weighted by Gasteiger charge is 2.31. The van der Waals surface area contributed by atoms with E-state index in [1.807, 2.05) is 0 Å². The molecule has 1 saturated heterocycles. The van der Waals surface area contributed by atoms with Crippen LogP contribution in [0, 0.1) is 18.8 Å². The number of hydrogen-bond acceptors (Lipinski definition) is 2. The average molecular weight is 288 g/mol. The van der Waals surface area contributed by atoms with Crippen LogP contribution in [-0.4, -0.2) is 18.1 Å². The molecule has 2 N–H and O–H groups in total. The maximum Gasteiger partial charge on any atom is 0.106 e. The highest BCUT2D eigenvalue weighted by Crippen LogP contribution is 2.38. The van der Waals surface area contributed by atoms with E-state index in [9.17, 15) is 0 Å². The number of benzene rings is 1. The van der Waals surface area contributed by atoms with Gasteiger partial charge in [0, 0.05) is 24.3 Å². The lowest BCUT2D eigenvalue weighted by Gasteiger charge is -2.43. The third-order valence-electron chi connectivity index (χ3n) is 5.05. The maximum absolute atomic E-state index is 5.91. The third-order valence-corrected chi connectivity index (χ3v) is 5.27. The Hall–Kier alpha value is -1.09. The van der Waals surface area contributed by atoms with Gasteiger partial charge in [0.05, 0.1) is 0 Å². The van der Waals surface area contributed by atoms with E-state index in [0.29, 0.717) is 4.99 Å². The summed E-state index contributed by atoms with van der Waals surface area (Å²) in [5.74, 6) is 1.83. The van der Waals surface area contributed by atoms with Crippen molar-refractivity contribution in [3.05, 3.63) is 29.3 Å². The predicted octanol–water partition coefficient (Wildman–Crippen LogP) is 3.65. The largest absolute Gasteiger partial charge is 0.389 e. The maximum atomic E-state index is 5.91. The summed E-state index contributed by atoms with van der Waals surface area (Å²) in [6.07, 6.45) is 7.01. The Bertz CT molecular complexity index is 512. The summed E-state index contributed by atoms with van der Waals surface area (Å²) in [5, 5.41) is 0. The molecule has 2 atom stereocenters. The van der Waals surface area contributed by atoms with E-state index >= 15 is 0 Å². The Kier molecular flexibility index (Phi) is 3.97. The number of nitrogens with two attached hydrogens (primary N) is 1. The molecule has 0 spiro atoms. The summed E-state index contributed by atoms with van der Waals surface area (Å²) in [6.45, 7) is 4.48. The number of rotatable bonds is 2. The lowest BCUT2D eigenvalue weighted by atomic mass is 9.75. The van der Waals surface area contributed by atoms with Crippen molar-refractivity contribution in [3.63, 3.8) is 0 Å². The van der Waals surface area contributed by atoms with Crippen molar-refractivity contribution in [1.82, 2.24) is 0 Å². The quantitative estimate of drug-likeness (QED) is 0.842. The first-order chi connectivity index (χ1) is 9.65. The summed E-state index contributed by atoms with van der Waals surface area (Å²) in [5.41, 5.74) is 9.48. The van der Waals surface area contributed by atoms with Crippen molar-refractivity contribution >= 4 is 22.9 Å². The molecule has 1 aromatic carbocycles. The van der Waals surface area contributed by atoms with Crippen LogP contribution in [0.3, 0.4) is 0 Å². The van der Waals surface area contributed by atoms with Gasteiger partial charge in [-0.2, -0.15) is 0 Å². The lowest BCUT2D eigenvalue weighted by Crippen LogP contribution is -2.42. The second-order valence-electron chi connectivity index (χ2n) is 6.42. The van der Waals surface area contributed by atoms with Gasteiger partial charge in [-0.15, -0.1) is 0 Å². The van der Waals surface area contributed by atoms with Crippen LogP contribution in [0.5, 0.6) is 0 Å². The minimum atomic E-state index is 0.519. The molecule has 1 heterocycles. The minimum Gasteiger partial charge on any atom is -0.389 e. The molecule has 0 amide bonds. The summed E-state index contributed by atoms with van der Waals surface area (Å²) < 4.78 is 0. The number of aryl methyl sites for hydroxylation is 1. The van der Waals surface area contributed by atoms with E-state index < -0.39 is 0 Å². The summed E-state index contributed by atoms with van der Waals surface area (Å²) in [6, 6.07) is 6.43. The first kappa shape index (κ1) is 13.9. The normalized spacial score (nSPS) is 26.1. The van der Waals surface area contributed by atoms with E-state index in [2.05, 4.69) is 30.0 Å². The van der Waals surface area contributed by atoms with Gasteiger partial charge in [0.2, 0.25) is 0 Å². The molecule has 1 aliphatic carbocycles. The van der Waals surface area contributed by atoms with E-state index in [4.69, 9.17) is 18.0 Å². The molecular formula is C17H24N2S. The highest BCUT2D eigenvalue weighted by atomic mass is 32.1. The number of piperidine rings is 1. The van der Waals surface area contributed by atoms with E-state index in [1.54, 1.807) is 0 Å². The molecule has 0 radical (unpaired) electrons. The lowest BCUT2D eigenvalue weighted by molar-refractivity contribution is 0.202. The minimum absolute atomic E-state index is 0.519. The van der Waals surface area contributed by atoms with Crippen LogP contribution < -0.4 is 10.6 Å². The van der Waals surface area contributed by atoms with Gasteiger partial charge in [0.15, 0.2) is 0 Å². The van der Waals surface area contributed by atoms with Gasteiger partial charge in [0.1, 0.15) is 4.99 Å². The molecular weight excluding hydrogens is 264 g/mol. The zero-order chi connectivity index (χ0) is 14.1. The Morgan fingerprint density at radius 3 is 2.70 bits per heavy atom. The second kappa shape index (κ2) is 5.72. The number of hydrogen-bond donors (Lipinski definition) is 1. The van der Waals surface area contributed by atoms with Crippen LogP contribution in [0.15, 0.2) is 18.2 Å². The van der Waals surface area contributed by atoms with Crippen LogP contribution in [0.1, 0.15) is 43.2 Å². The molecule has 0 aromatic heterocycles. The fraction of sp³-hybridized carbons (Fsp3) is 0.588. The van der Waals surface area contributed by atoms with Crippen LogP contribution >= 0.6 is 12.2 Å². The van der Waals surface area contributed by atoms with Crippen LogP contribution in [0.4, 0.5) is 5.69 Å². The van der Waals surface area contributed by atoms with E-state index in [-0.39, 0.29) is 0 Å². The molecule has 3 heteroatoms. The van der Waals surface area contributed by atoms with Crippen LogP contribution in [-0.2, 0) is 0 Å². The molecule has 0 bridgehead atoms. The summed E-state index contributed by atoms with van der Waals surface area (Å²) in [7, 11) is 0. The van der Waals surface area contributed by atoms with Crippen molar-refractivity contribution in [2.75, 3.05) is 18.0 Å². The molecule has 1 aromatic rings. The highest BCUT2D eigenvalue weighted by molar-refractivity contribution is 7.80. The van der Waals surface area contributed by atoms with Gasteiger partial charge in [-0.25, -0.2) is 0 Å². The molecule has 2 aliphatic rings. The smallest absolute Gasteiger partial charge is 0.106 e. The fourth-order valence-electron chi connectivity index (χ4n) is 3.93. The molecule has 2 fully saturated rings. The second-order valence-corrected chi connectivity index (χ2v) is 6.86. The standard InChI is InChI=1S/C17H24N2S/c1-12-6-7-15(17(18)20)16(10-12)19-9-8-13-4-2-3-5-14(13)11-19/h6-7,10,13-14H,2-5,8-9,11H2,1H3,(H2,18,20). The number of nitrogens with zero attached hydrogens (tertiary/aromatic N) is 1. The monoisotopic (exact) mass is 288 g/mol. The molecule has 108 valence electrons. The van der Waals surface area contributed by atoms with Crippen molar-refractivity contribution in [2.24, 2.45) is 17.6 Å². The molecule has 3 rings (SSSR count). The zero-order valence-electron chi connectivity index (χ0n) is 12.3. The molecule has 2 unspecified atom stereocenters. The predicted molar refractivity (Wildman–Crippen MR) is 89.3 cm³/mol. The number of anilines is 1. The SMILES string of the molecule is Cc1ccc(C(N)=S)c(N2CCC3CCCCC3C2)c1. The van der Waals surface area contributed by atoms with Crippen molar-refractivity contribution in [3.8, 4) is 0 Å². The Balaban J connectivity index is 1.85. The van der Waals surface area contributed by atoms with Crippen molar-refractivity contribution in [2.45, 2.75) is 39.0 Å². The summed E-state index contributed by atoms with van der Waals surface area (Å²) in [4.78, 5) is 3.04. The van der Waals surface area contributed by atoms with Gasteiger partial charge in [0.25, 0.3) is 0 Å². The Morgan fingerprint density at radius 2 is 1.95 bits per heavy atom. The topological polar surface area (TPSA) is 29.3 Å². The molecule has 1 aliphatic heterocycles. The molecule has 1 saturated carbocycles. The average Bonchev–Trinajstić information content (AvgIpc) is 2.46. The van der Waals surface area contributed by atoms with Crippen LogP contribution in [0.25, 0.3) is 0 Å². The van der Waals surface area contributed by atoms with E-state index in [0.717, 1.165) is 23.9 Å². The van der Waals surface area contributed by atoms with Crippen molar-refractivity contribution in [1.29, 1.82) is 0 Å². The third kappa shape index (κ3) is 2.69. The van der Waals surface area contributed by atoms with Crippen molar-refractivity contribution < 1.29 is 0 Å². The number of fused-ring (bicyclic) bond motifs is 1. The van der Waals surface area contributed by atoms with Gasteiger partial charge >= 0.3 is 0 Å². The zero-order valence-corrected chi connectivity index (χ0v) is 13.1. The Morgan fingerprint density at radius 1 is 1.20 bits per heavy atom. The number of thiocarbonyl (C=S) groups is 1. The first-order valence-corrected chi connectivity index (χ1v) is 8.21. The van der Waals surface area contributed by atoms with Gasteiger partial charge in [-0.1, -0.05) is 37.5 Å². The fourth-order valence-corrected chi connectivity index (χ4v) is 4.10. The summed E-state index contributed by atoms with van der Waals surface area (Å²) >= 11 is 5.23. The molecule has 20 heavy (non-hydrogen) atoms. The van der Waals surface area contributed by atoms with E-state index in [1.165, 1.54) is 49.9 Å². The van der Waals surface area contributed by atoms with Gasteiger partial charge in [-0.05, 0) is 49.3 Å². The Labute approximate surface area is 127 Å². The van der Waals surface area contributed by atoms with Gasteiger partial charge in [-0.3, -0.25) is 0 Å².